The molecule has 1 amide bonds. The number of hydrogen-bond acceptors (Lipinski definition) is 2. The summed E-state index contributed by atoms with van der Waals surface area (Å²) >= 11 is 0. The van der Waals surface area contributed by atoms with Crippen molar-refractivity contribution < 1.29 is 27.9 Å². The minimum Gasteiger partial charge on any atom is -0.480 e. The minimum absolute atomic E-state index is 0.178. The Morgan fingerprint density at radius 3 is 2.14 bits per heavy atom. The van der Waals surface area contributed by atoms with Crippen LogP contribution in [0.1, 0.15) is 31.9 Å². The number of nitrogens with zero attached hydrogens (tertiary/aromatic N) is 1. The molecule has 0 aliphatic rings. The summed E-state index contributed by atoms with van der Waals surface area (Å²) < 4.78 is 38.3. The molecule has 1 aromatic rings. The molecule has 1 N–H and O–H groups in total. The van der Waals surface area contributed by atoms with Crippen LogP contribution in [-0.4, -0.2) is 35.0 Å². The van der Waals surface area contributed by atoms with Crippen LogP contribution in [-0.2, 0) is 21.2 Å². The van der Waals surface area contributed by atoms with Gasteiger partial charge in [-0.15, -0.1) is 0 Å². The van der Waals surface area contributed by atoms with Gasteiger partial charge in [0.25, 0.3) is 0 Å². The fourth-order valence-corrected chi connectivity index (χ4v) is 1.99. The molecule has 122 valence electrons. The Morgan fingerprint density at radius 2 is 1.68 bits per heavy atom. The van der Waals surface area contributed by atoms with Crippen LogP contribution in [0.3, 0.4) is 0 Å². The third-order valence-corrected chi connectivity index (χ3v) is 3.70. The van der Waals surface area contributed by atoms with Gasteiger partial charge in [0.1, 0.15) is 6.04 Å². The van der Waals surface area contributed by atoms with Gasteiger partial charge in [-0.2, -0.15) is 13.2 Å². The van der Waals surface area contributed by atoms with Crippen molar-refractivity contribution in [3.63, 3.8) is 0 Å². The summed E-state index contributed by atoms with van der Waals surface area (Å²) in [6.45, 7) is 4.27. The van der Waals surface area contributed by atoms with Crippen LogP contribution >= 0.6 is 0 Å². The molecule has 7 heteroatoms. The van der Waals surface area contributed by atoms with Gasteiger partial charge in [-0.1, -0.05) is 18.2 Å². The molecule has 0 aromatic heterocycles. The lowest BCUT2D eigenvalue weighted by Gasteiger charge is -2.32. The highest BCUT2D eigenvalue weighted by Gasteiger charge is 2.38. The van der Waals surface area contributed by atoms with Crippen molar-refractivity contribution in [2.75, 3.05) is 7.05 Å². The molecule has 1 rings (SSSR count). The van der Waals surface area contributed by atoms with Gasteiger partial charge in [0, 0.05) is 7.05 Å². The van der Waals surface area contributed by atoms with Crippen LogP contribution < -0.4 is 0 Å². The number of alkyl halides is 3. The van der Waals surface area contributed by atoms with Crippen LogP contribution in [0.4, 0.5) is 13.2 Å². The summed E-state index contributed by atoms with van der Waals surface area (Å²) in [6.07, 6.45) is -4.50. The van der Waals surface area contributed by atoms with Crippen molar-refractivity contribution in [3.05, 3.63) is 35.4 Å². The SMILES string of the molecule is CC(C(=O)O)N(C)C(=O)C(C)(C)c1cccc(C(F)(F)F)c1. The maximum Gasteiger partial charge on any atom is 0.416 e. The second-order valence-electron chi connectivity index (χ2n) is 5.63. The fraction of sp³-hybridized carbons (Fsp3) is 0.467. The number of carbonyl (C=O) groups excluding carboxylic acids is 1. The Hall–Kier alpha value is -2.05. The van der Waals surface area contributed by atoms with Gasteiger partial charge in [0.05, 0.1) is 11.0 Å². The minimum atomic E-state index is -4.50. The number of carboxylic acid groups (broad SMARTS) is 1. The Bertz CT molecular complexity index is 582. The third-order valence-electron chi connectivity index (χ3n) is 3.70. The van der Waals surface area contributed by atoms with Crippen LogP contribution in [0.25, 0.3) is 0 Å². The number of rotatable bonds is 4. The van der Waals surface area contributed by atoms with E-state index in [1.807, 2.05) is 0 Å². The second kappa shape index (κ2) is 5.98. The largest absolute Gasteiger partial charge is 0.480 e. The first kappa shape index (κ1) is 18.0. The molecule has 1 atom stereocenters. The van der Waals surface area contributed by atoms with E-state index in [9.17, 15) is 22.8 Å². The lowest BCUT2D eigenvalue weighted by molar-refractivity contribution is -0.150. The van der Waals surface area contributed by atoms with Crippen molar-refractivity contribution >= 4 is 11.9 Å². The monoisotopic (exact) mass is 317 g/mol. The zero-order valence-corrected chi connectivity index (χ0v) is 12.7. The molecule has 0 fully saturated rings. The second-order valence-corrected chi connectivity index (χ2v) is 5.63. The predicted octanol–water partition coefficient (Wildman–Crippen LogP) is 2.91. The first-order valence-corrected chi connectivity index (χ1v) is 6.57. The molecular formula is C15H18F3NO3. The van der Waals surface area contributed by atoms with E-state index < -0.39 is 35.1 Å². The van der Waals surface area contributed by atoms with E-state index in [2.05, 4.69) is 0 Å². The number of benzene rings is 1. The highest BCUT2D eigenvalue weighted by Crippen LogP contribution is 2.33. The van der Waals surface area contributed by atoms with E-state index in [4.69, 9.17) is 5.11 Å². The number of carboxylic acids is 1. The fourth-order valence-electron chi connectivity index (χ4n) is 1.99. The molecule has 0 aliphatic carbocycles. The zero-order valence-electron chi connectivity index (χ0n) is 12.7. The maximum absolute atomic E-state index is 12.8. The van der Waals surface area contributed by atoms with Crippen LogP contribution in [0.15, 0.2) is 24.3 Å². The first-order chi connectivity index (χ1) is 9.89. The van der Waals surface area contributed by atoms with Gasteiger partial charge >= 0.3 is 12.1 Å². The standard InChI is InChI=1S/C15H18F3NO3/c1-9(12(20)21)19(4)13(22)14(2,3)10-6-5-7-11(8-10)15(16,17)18/h5-9H,1-4H3,(H,20,21). The molecule has 0 saturated heterocycles. The normalized spacial score (nSPS) is 13.6. The average Bonchev–Trinajstić information content (AvgIpc) is 2.43. The van der Waals surface area contributed by atoms with Crippen LogP contribution in [0, 0.1) is 0 Å². The van der Waals surface area contributed by atoms with E-state index in [1.165, 1.54) is 40.0 Å². The summed E-state index contributed by atoms with van der Waals surface area (Å²) in [4.78, 5) is 24.4. The smallest absolute Gasteiger partial charge is 0.416 e. The summed E-state index contributed by atoms with van der Waals surface area (Å²) in [5.74, 6) is -1.75. The van der Waals surface area contributed by atoms with Crippen LogP contribution in [0.5, 0.6) is 0 Å². The first-order valence-electron chi connectivity index (χ1n) is 6.57. The summed E-state index contributed by atoms with van der Waals surface area (Å²) in [5.41, 5.74) is -1.95. The van der Waals surface area contributed by atoms with Gasteiger partial charge in [-0.25, -0.2) is 4.79 Å². The summed E-state index contributed by atoms with van der Waals surface area (Å²) in [5, 5.41) is 8.95. The topological polar surface area (TPSA) is 57.6 Å². The number of likely N-dealkylation sites (N-methyl/N-ethyl adjacent to an activating group) is 1. The summed E-state index contributed by atoms with van der Waals surface area (Å²) in [6, 6.07) is 3.42. The molecular weight excluding hydrogens is 299 g/mol. The summed E-state index contributed by atoms with van der Waals surface area (Å²) in [7, 11) is 1.32. The van der Waals surface area contributed by atoms with E-state index >= 15 is 0 Å². The lowest BCUT2D eigenvalue weighted by atomic mass is 9.82. The number of carbonyl (C=O) groups is 2. The van der Waals surface area contributed by atoms with E-state index in [-0.39, 0.29) is 5.56 Å². The van der Waals surface area contributed by atoms with Crippen molar-refractivity contribution in [2.24, 2.45) is 0 Å². The molecule has 1 unspecified atom stereocenters. The zero-order chi connectivity index (χ0) is 17.3. The van der Waals surface area contributed by atoms with Gasteiger partial charge in [-0.05, 0) is 32.4 Å². The Labute approximate surface area is 126 Å². The number of halogens is 3. The van der Waals surface area contributed by atoms with Gasteiger partial charge < -0.3 is 10.0 Å². The molecule has 0 aliphatic heterocycles. The lowest BCUT2D eigenvalue weighted by Crippen LogP contribution is -2.48. The molecule has 4 nitrogen and oxygen atoms in total. The Kier molecular flexibility index (Phi) is 4.89. The Morgan fingerprint density at radius 1 is 1.18 bits per heavy atom. The molecule has 0 radical (unpaired) electrons. The van der Waals surface area contributed by atoms with E-state index in [0.29, 0.717) is 0 Å². The maximum atomic E-state index is 12.8. The van der Waals surface area contributed by atoms with Crippen molar-refractivity contribution in [1.29, 1.82) is 0 Å². The predicted molar refractivity (Wildman–Crippen MR) is 74.3 cm³/mol. The molecule has 0 bridgehead atoms. The van der Waals surface area contributed by atoms with Crippen molar-refractivity contribution in [2.45, 2.75) is 38.4 Å². The number of amides is 1. The van der Waals surface area contributed by atoms with Gasteiger partial charge in [-0.3, -0.25) is 4.79 Å². The van der Waals surface area contributed by atoms with Crippen molar-refractivity contribution in [1.82, 2.24) is 4.90 Å². The van der Waals surface area contributed by atoms with E-state index in [1.54, 1.807) is 0 Å². The Balaban J connectivity index is 3.18. The number of hydrogen-bond donors (Lipinski definition) is 1. The van der Waals surface area contributed by atoms with E-state index in [0.717, 1.165) is 17.0 Å². The average molecular weight is 317 g/mol. The molecule has 1 aromatic carbocycles. The highest BCUT2D eigenvalue weighted by molar-refractivity contribution is 5.90. The third kappa shape index (κ3) is 3.58. The van der Waals surface area contributed by atoms with Crippen LogP contribution in [0.2, 0.25) is 0 Å². The van der Waals surface area contributed by atoms with Gasteiger partial charge in [0.2, 0.25) is 5.91 Å². The molecule has 22 heavy (non-hydrogen) atoms. The highest BCUT2D eigenvalue weighted by atomic mass is 19.4. The quantitative estimate of drug-likeness (QED) is 0.929. The van der Waals surface area contributed by atoms with Crippen molar-refractivity contribution in [3.8, 4) is 0 Å². The molecule has 0 heterocycles. The molecule has 0 saturated carbocycles. The van der Waals surface area contributed by atoms with Gasteiger partial charge in [0.15, 0.2) is 0 Å². The molecule has 0 spiro atoms. The number of aliphatic carboxylic acids is 1.